The van der Waals surface area contributed by atoms with Crippen molar-refractivity contribution in [3.63, 3.8) is 0 Å². The Morgan fingerprint density at radius 3 is 2.70 bits per heavy atom. The van der Waals surface area contributed by atoms with Crippen molar-refractivity contribution in [1.29, 1.82) is 0 Å². The first kappa shape index (κ1) is 7.64. The van der Waals surface area contributed by atoms with Crippen LogP contribution < -0.4 is 0 Å². The second kappa shape index (κ2) is 2.65. The largest absolute Gasteiger partial charge is 0.377 e. The van der Waals surface area contributed by atoms with E-state index in [9.17, 15) is 0 Å². The highest BCUT2D eigenvalue weighted by Gasteiger charge is 2.19. The zero-order chi connectivity index (χ0) is 7.72. The fraction of sp³-hybridized carbons (Fsp3) is 0.778. The summed E-state index contributed by atoms with van der Waals surface area (Å²) in [6.45, 7) is 6.81. The lowest BCUT2D eigenvalue weighted by Gasteiger charge is -2.34. The number of rotatable bonds is 0. The molecule has 1 heterocycles. The minimum Gasteiger partial charge on any atom is -0.377 e. The van der Waals surface area contributed by atoms with Gasteiger partial charge in [-0.15, -0.1) is 0 Å². The lowest BCUT2D eigenvalue weighted by atomic mass is 9.92. The first-order valence-corrected chi connectivity index (χ1v) is 4.00. The number of allylic oxidation sites excluding steroid dienone is 1. The topological polar surface area (TPSA) is 3.24 Å². The number of hydrogen-bond donors (Lipinski definition) is 0. The summed E-state index contributed by atoms with van der Waals surface area (Å²) in [6, 6.07) is 0.712. The Morgan fingerprint density at radius 2 is 2.20 bits per heavy atom. The monoisotopic (exact) mass is 142 g/mol. The number of nitrogens with zero attached hydrogens (tertiary/aromatic N) is 1. The van der Waals surface area contributed by atoms with Crippen molar-refractivity contribution in [2.24, 2.45) is 5.92 Å². The first-order valence-electron chi connectivity index (χ1n) is 4.00. The van der Waals surface area contributed by atoms with Gasteiger partial charge in [0, 0.05) is 14.5 Å². The Labute approximate surface area is 65.2 Å². The summed E-state index contributed by atoms with van der Waals surface area (Å²) in [5.74, 6) is 0.815. The molecule has 0 saturated heterocycles. The van der Waals surface area contributed by atoms with E-state index in [1.807, 2.05) is 0 Å². The van der Waals surface area contributed by atoms with Crippen molar-refractivity contribution in [1.82, 2.24) is 4.90 Å². The van der Waals surface area contributed by atoms with Crippen LogP contribution >= 0.6 is 0 Å². The fourth-order valence-electron chi connectivity index (χ4n) is 1.60. The van der Waals surface area contributed by atoms with Gasteiger partial charge in [-0.1, -0.05) is 12.5 Å². The van der Waals surface area contributed by atoms with E-state index >= 15 is 0 Å². The van der Waals surface area contributed by atoms with E-state index in [-0.39, 0.29) is 1.43 Å². The summed E-state index contributed by atoms with van der Waals surface area (Å²) in [5, 5.41) is 0. The van der Waals surface area contributed by atoms with Gasteiger partial charge in [0.05, 0.1) is 0 Å². The minimum atomic E-state index is 0. The molecule has 0 saturated carbocycles. The van der Waals surface area contributed by atoms with Gasteiger partial charge in [0.1, 0.15) is 0 Å². The highest BCUT2D eigenvalue weighted by atomic mass is 15.1. The second-order valence-corrected chi connectivity index (χ2v) is 3.56. The van der Waals surface area contributed by atoms with Crippen molar-refractivity contribution < 1.29 is 1.43 Å². The van der Waals surface area contributed by atoms with Gasteiger partial charge in [-0.2, -0.15) is 0 Å². The van der Waals surface area contributed by atoms with Gasteiger partial charge >= 0.3 is 0 Å². The highest BCUT2D eigenvalue weighted by molar-refractivity contribution is 5.04. The van der Waals surface area contributed by atoms with E-state index in [2.05, 4.69) is 38.9 Å². The van der Waals surface area contributed by atoms with Crippen LogP contribution in [0.25, 0.3) is 0 Å². The molecule has 0 bridgehead atoms. The molecule has 0 amide bonds. The van der Waals surface area contributed by atoms with Crippen molar-refractivity contribution in [3.05, 3.63) is 11.8 Å². The van der Waals surface area contributed by atoms with Crippen molar-refractivity contribution in [2.75, 3.05) is 7.05 Å². The predicted octanol–water partition coefficient (Wildman–Crippen LogP) is 2.50. The molecule has 0 aliphatic carbocycles. The van der Waals surface area contributed by atoms with Crippen LogP contribution in [0.4, 0.5) is 0 Å². The molecule has 0 aromatic rings. The quantitative estimate of drug-likeness (QED) is 0.502. The molecular formula is C9H19N. The third kappa shape index (κ3) is 1.34. The van der Waals surface area contributed by atoms with Crippen LogP contribution in [0.1, 0.15) is 28.6 Å². The van der Waals surface area contributed by atoms with E-state index in [4.69, 9.17) is 0 Å². The Bertz CT molecular complexity index is 154. The van der Waals surface area contributed by atoms with Crippen LogP contribution in [-0.2, 0) is 0 Å². The minimum absolute atomic E-state index is 0. The van der Waals surface area contributed by atoms with Gasteiger partial charge in [-0.25, -0.2) is 0 Å². The molecule has 1 nitrogen and oxygen atoms in total. The maximum atomic E-state index is 2.32. The molecule has 0 spiro atoms. The van der Waals surface area contributed by atoms with Gasteiger partial charge in [-0.05, 0) is 32.4 Å². The van der Waals surface area contributed by atoms with Crippen LogP contribution in [0.2, 0.25) is 0 Å². The van der Waals surface area contributed by atoms with Crippen molar-refractivity contribution in [2.45, 2.75) is 33.2 Å². The summed E-state index contributed by atoms with van der Waals surface area (Å²) >= 11 is 0. The smallest absolute Gasteiger partial charge is 0.0281 e. The lowest BCUT2D eigenvalue weighted by molar-refractivity contribution is 0.242. The van der Waals surface area contributed by atoms with Crippen LogP contribution in [0.15, 0.2) is 11.8 Å². The van der Waals surface area contributed by atoms with Gasteiger partial charge in [0.15, 0.2) is 0 Å². The van der Waals surface area contributed by atoms with E-state index in [0.717, 1.165) is 5.92 Å². The van der Waals surface area contributed by atoms with Crippen molar-refractivity contribution in [3.8, 4) is 0 Å². The third-order valence-corrected chi connectivity index (χ3v) is 2.53. The standard InChI is InChI=1S/C9H17N.H2/c1-7-5-8(2)9(3)10(4)6-7;/h6,8-9H,5H2,1-4H3;1H/t8-,9+;/m0./s1/i;1+1. The molecule has 2 atom stereocenters. The Kier molecular flexibility index (Phi) is 2.02. The maximum Gasteiger partial charge on any atom is 0.0281 e. The Hall–Kier alpha value is -0.460. The molecule has 0 fully saturated rings. The normalized spacial score (nSPS) is 34.0. The molecule has 1 aliphatic heterocycles. The molecule has 0 N–H and O–H groups in total. The van der Waals surface area contributed by atoms with Gasteiger partial charge in [-0.3, -0.25) is 0 Å². The molecule has 1 heteroatoms. The Morgan fingerprint density at radius 1 is 1.60 bits per heavy atom. The zero-order valence-electron chi connectivity index (χ0n) is 7.39. The van der Waals surface area contributed by atoms with Crippen LogP contribution in [0.5, 0.6) is 0 Å². The van der Waals surface area contributed by atoms with Crippen molar-refractivity contribution >= 4 is 0 Å². The van der Waals surface area contributed by atoms with Gasteiger partial charge in [0.2, 0.25) is 0 Å². The molecule has 1 aliphatic rings. The third-order valence-electron chi connectivity index (χ3n) is 2.53. The van der Waals surface area contributed by atoms with E-state index in [1.165, 1.54) is 12.0 Å². The summed E-state index contributed by atoms with van der Waals surface area (Å²) in [4.78, 5) is 2.31. The number of hydrogen-bond acceptors (Lipinski definition) is 1. The molecule has 0 unspecified atom stereocenters. The van der Waals surface area contributed by atoms with E-state index < -0.39 is 0 Å². The van der Waals surface area contributed by atoms with E-state index in [1.54, 1.807) is 0 Å². The van der Waals surface area contributed by atoms with E-state index in [0.29, 0.717) is 6.04 Å². The first-order chi connectivity index (χ1) is 4.61. The van der Waals surface area contributed by atoms with Crippen LogP contribution in [-0.4, -0.2) is 18.0 Å². The molecule has 1 rings (SSSR count). The summed E-state index contributed by atoms with van der Waals surface area (Å²) < 4.78 is 0. The predicted molar refractivity (Wildman–Crippen MR) is 46.9 cm³/mol. The van der Waals surface area contributed by atoms with Crippen LogP contribution in [0, 0.1) is 5.92 Å². The molecule has 0 aromatic heterocycles. The maximum absolute atomic E-state index is 2.32. The molecule has 0 radical (unpaired) electrons. The average Bonchev–Trinajstić information content (AvgIpc) is 1.82. The van der Waals surface area contributed by atoms with Crippen LogP contribution in [0.3, 0.4) is 0 Å². The molecule has 10 heavy (non-hydrogen) atoms. The SMILES string of the molecule is CC1=CN(C)[C@H](C)[C@@H](C)C1.[2HH]. The fourth-order valence-corrected chi connectivity index (χ4v) is 1.60. The highest BCUT2D eigenvalue weighted by Crippen LogP contribution is 2.23. The molecular weight excluding hydrogens is 122 g/mol. The summed E-state index contributed by atoms with van der Waals surface area (Å²) in [6.07, 6.45) is 3.52. The summed E-state index contributed by atoms with van der Waals surface area (Å²) in [5.41, 5.74) is 1.51. The van der Waals surface area contributed by atoms with Gasteiger partial charge < -0.3 is 4.90 Å². The Balaban J connectivity index is 0.000001000. The zero-order valence-corrected chi connectivity index (χ0v) is 7.39. The molecule has 0 aromatic carbocycles. The molecule has 60 valence electrons. The second-order valence-electron chi connectivity index (χ2n) is 3.56. The summed E-state index contributed by atoms with van der Waals surface area (Å²) in [7, 11) is 2.16. The average molecular weight is 142 g/mol. The lowest BCUT2D eigenvalue weighted by Crippen LogP contribution is -2.33. The van der Waals surface area contributed by atoms with Gasteiger partial charge in [0.25, 0.3) is 0 Å².